The van der Waals surface area contributed by atoms with Gasteiger partial charge >= 0.3 is 0 Å². The Kier molecular flexibility index (Phi) is 6.19. The maximum atomic E-state index is 11.6. The maximum absolute atomic E-state index is 11.6. The summed E-state index contributed by atoms with van der Waals surface area (Å²) in [4.78, 5) is -0.921. The predicted octanol–water partition coefficient (Wildman–Crippen LogP) is 2.21. The third kappa shape index (κ3) is 5.69. The summed E-state index contributed by atoms with van der Waals surface area (Å²) in [6.45, 7) is 1.63. The number of rotatable bonds is 6. The summed E-state index contributed by atoms with van der Waals surface area (Å²) >= 11 is -2.45. The molecule has 146 valence electrons. The first-order valence-electron chi connectivity index (χ1n) is 7.13. The molecule has 1 unspecified atom stereocenters. The van der Waals surface area contributed by atoms with Crippen LogP contribution in [0.5, 0.6) is 0 Å². The molecule has 0 heterocycles. The van der Waals surface area contributed by atoms with E-state index in [1.165, 1.54) is 36.4 Å². The fourth-order valence-corrected chi connectivity index (χ4v) is 4.05. The van der Waals surface area contributed by atoms with Crippen molar-refractivity contribution in [2.45, 2.75) is 16.7 Å². The van der Waals surface area contributed by atoms with Gasteiger partial charge in [-0.15, -0.1) is 0 Å². The van der Waals surface area contributed by atoms with Crippen LogP contribution in [0.15, 0.2) is 46.2 Å². The van der Waals surface area contributed by atoms with Crippen LogP contribution in [0.1, 0.15) is 16.7 Å². The van der Waals surface area contributed by atoms with Gasteiger partial charge in [-0.3, -0.25) is 18.4 Å². The predicted molar refractivity (Wildman–Crippen MR) is 101 cm³/mol. The zero-order valence-electron chi connectivity index (χ0n) is 13.7. The van der Waals surface area contributed by atoms with E-state index in [2.05, 4.69) is 4.72 Å². The first-order chi connectivity index (χ1) is 12.4. The fourth-order valence-electron chi connectivity index (χ4n) is 2.24. The molecule has 0 amide bonds. The highest BCUT2D eigenvalue weighted by atomic mass is 32.2. The van der Waals surface area contributed by atoms with Crippen LogP contribution in [0.4, 0.5) is 5.69 Å². The van der Waals surface area contributed by atoms with Crippen molar-refractivity contribution in [1.29, 1.82) is 0 Å². The quantitative estimate of drug-likeness (QED) is 0.307. The van der Waals surface area contributed by atoms with E-state index >= 15 is 0 Å². The smallest absolute Gasteiger partial charge is 0.289 e. The highest BCUT2D eigenvalue weighted by molar-refractivity contribution is 7.86. The largest absolute Gasteiger partial charge is 0.295 e. The zero-order valence-corrected chi connectivity index (χ0v) is 16.2. The monoisotopic (exact) mass is 433 g/mol. The van der Waals surface area contributed by atoms with E-state index < -0.39 is 36.4 Å². The highest BCUT2D eigenvalue weighted by Gasteiger charge is 2.17. The van der Waals surface area contributed by atoms with E-state index in [9.17, 15) is 30.1 Å². The Morgan fingerprint density at radius 1 is 0.889 bits per heavy atom. The fraction of sp³-hybridized carbons (Fsp3) is 0.0667. The topological polar surface area (TPSA) is 158 Å². The molecule has 12 heteroatoms. The van der Waals surface area contributed by atoms with Crippen LogP contribution >= 0.6 is 0 Å². The van der Waals surface area contributed by atoms with Gasteiger partial charge in [0, 0.05) is 5.69 Å². The molecular weight excluding hydrogens is 418 g/mol. The number of hydrogen-bond acceptors (Lipinski definition) is 5. The molecule has 0 aromatic heterocycles. The van der Waals surface area contributed by atoms with Crippen LogP contribution in [0.3, 0.4) is 0 Å². The molecule has 4 N–H and O–H groups in total. The molecule has 9 nitrogen and oxygen atoms in total. The Balaban J connectivity index is 2.57. The molecule has 0 aliphatic heterocycles. The van der Waals surface area contributed by atoms with E-state index in [0.29, 0.717) is 5.56 Å². The van der Waals surface area contributed by atoms with Crippen molar-refractivity contribution in [3.8, 4) is 0 Å². The third-order valence-corrected chi connectivity index (χ3v) is 5.62. The molecular formula is C15H15NO8S3. The molecule has 0 aliphatic carbocycles. The van der Waals surface area contributed by atoms with Crippen molar-refractivity contribution in [1.82, 2.24) is 0 Å². The van der Waals surface area contributed by atoms with Gasteiger partial charge in [-0.25, -0.2) is 4.21 Å². The summed E-state index contributed by atoms with van der Waals surface area (Å²) in [5.41, 5.74) is 0.650. The summed E-state index contributed by atoms with van der Waals surface area (Å²) in [7, 11) is -9.19. The van der Waals surface area contributed by atoms with Crippen LogP contribution < -0.4 is 4.72 Å². The van der Waals surface area contributed by atoms with Crippen LogP contribution in [-0.2, 0) is 31.5 Å². The van der Waals surface area contributed by atoms with E-state index in [1.54, 1.807) is 13.0 Å². The van der Waals surface area contributed by atoms with Gasteiger partial charge in [-0.2, -0.15) is 16.8 Å². The lowest BCUT2D eigenvalue weighted by atomic mass is 10.1. The zero-order chi connectivity index (χ0) is 20.4. The van der Waals surface area contributed by atoms with E-state index in [1.807, 2.05) is 0 Å². The second kappa shape index (κ2) is 7.88. The van der Waals surface area contributed by atoms with Gasteiger partial charge in [0.1, 0.15) is 9.79 Å². The van der Waals surface area contributed by atoms with Crippen molar-refractivity contribution in [3.63, 3.8) is 0 Å². The lowest BCUT2D eigenvalue weighted by Crippen LogP contribution is -2.05. The van der Waals surface area contributed by atoms with Gasteiger partial charge in [-0.05, 0) is 41.8 Å². The Morgan fingerprint density at radius 3 is 1.85 bits per heavy atom. The molecule has 0 saturated heterocycles. The third-order valence-electron chi connectivity index (χ3n) is 3.39. The van der Waals surface area contributed by atoms with Gasteiger partial charge in [0.2, 0.25) is 0 Å². The number of aryl methyl sites for hydroxylation is 1. The summed E-state index contributed by atoms with van der Waals surface area (Å²) in [6, 6.07) is 7.76. The second-order valence-electron chi connectivity index (χ2n) is 5.43. The van der Waals surface area contributed by atoms with Crippen molar-refractivity contribution in [2.75, 3.05) is 4.72 Å². The number of nitrogens with one attached hydrogen (secondary N) is 1. The van der Waals surface area contributed by atoms with Crippen molar-refractivity contribution >= 4 is 49.3 Å². The molecule has 27 heavy (non-hydrogen) atoms. The molecule has 0 aliphatic rings. The molecule has 0 spiro atoms. The molecule has 0 bridgehead atoms. The average Bonchev–Trinajstić information content (AvgIpc) is 2.52. The Bertz CT molecular complexity index is 1140. The average molecular weight is 433 g/mol. The first kappa shape index (κ1) is 21.2. The second-order valence-corrected chi connectivity index (χ2v) is 8.91. The molecule has 2 aromatic carbocycles. The normalized spacial score (nSPS) is 13.6. The minimum atomic E-state index is -4.68. The van der Waals surface area contributed by atoms with Gasteiger partial charge in [0.05, 0.1) is 0 Å². The molecule has 0 saturated carbocycles. The molecule has 0 fully saturated rings. The number of hydrogen-bond donors (Lipinski definition) is 4. The molecule has 2 rings (SSSR count). The van der Waals surface area contributed by atoms with Gasteiger partial charge in [0.25, 0.3) is 31.5 Å². The minimum absolute atomic E-state index is 0.00589. The maximum Gasteiger partial charge on any atom is 0.295 e. The minimum Gasteiger partial charge on any atom is -0.289 e. The van der Waals surface area contributed by atoms with Crippen molar-refractivity contribution in [3.05, 3.63) is 53.1 Å². The van der Waals surface area contributed by atoms with Crippen molar-refractivity contribution < 1.29 is 34.7 Å². The Labute approximate surface area is 158 Å². The summed E-state index contributed by atoms with van der Waals surface area (Å²) in [5, 5.41) is 0. The highest BCUT2D eigenvalue weighted by Crippen LogP contribution is 2.25. The van der Waals surface area contributed by atoms with E-state index in [-0.39, 0.29) is 21.7 Å². The van der Waals surface area contributed by atoms with Gasteiger partial charge in [-0.1, -0.05) is 30.4 Å². The summed E-state index contributed by atoms with van der Waals surface area (Å²) in [6.07, 6.45) is 2.48. The van der Waals surface area contributed by atoms with Crippen LogP contribution in [0.25, 0.3) is 12.2 Å². The van der Waals surface area contributed by atoms with E-state index in [0.717, 1.165) is 6.07 Å². The Morgan fingerprint density at radius 2 is 1.37 bits per heavy atom. The van der Waals surface area contributed by atoms with Gasteiger partial charge < -0.3 is 0 Å². The van der Waals surface area contributed by atoms with Crippen LogP contribution in [-0.4, -0.2) is 34.7 Å². The Hall–Kier alpha value is -2.09. The summed E-state index contributed by atoms with van der Waals surface area (Å²) in [5.74, 6) is 0. The van der Waals surface area contributed by atoms with Crippen LogP contribution in [0, 0.1) is 6.92 Å². The van der Waals surface area contributed by atoms with E-state index in [4.69, 9.17) is 4.55 Å². The summed E-state index contributed by atoms with van der Waals surface area (Å²) < 4.78 is 86.6. The molecule has 0 radical (unpaired) electrons. The number of anilines is 1. The van der Waals surface area contributed by atoms with Crippen LogP contribution in [0.2, 0.25) is 0 Å². The van der Waals surface area contributed by atoms with Crippen molar-refractivity contribution in [2.24, 2.45) is 0 Å². The SMILES string of the molecule is Cc1ccc(C=Cc2ccc(NS(=O)O)cc2S(=O)(=O)O)c(S(=O)(=O)O)c1. The van der Waals surface area contributed by atoms with Gasteiger partial charge in [0.15, 0.2) is 0 Å². The lowest BCUT2D eigenvalue weighted by molar-refractivity contribution is 0.480. The molecule has 2 aromatic rings. The standard InChI is InChI=1S/C15H15NO8S3/c1-10-2-3-11(14(8-10)26(19,20)21)4-5-12-6-7-13(16-25(17)18)9-15(12)27(22,23)24/h2-9,16H,1H3,(H,17,18)(H,19,20,21)(H,22,23,24). The first-order valence-corrected chi connectivity index (χ1v) is 11.1. The molecule has 1 atom stereocenters. The lowest BCUT2D eigenvalue weighted by Gasteiger charge is -2.08. The number of benzene rings is 2.